The van der Waals surface area contributed by atoms with Crippen LogP contribution in [0.5, 0.6) is 0 Å². The molecule has 4 heteroatoms. The van der Waals surface area contributed by atoms with Crippen LogP contribution in [0.2, 0.25) is 0 Å². The lowest BCUT2D eigenvalue weighted by Gasteiger charge is -2.20. The number of ether oxygens (including phenoxy) is 3. The smallest absolute Gasteiger partial charge is 0.186 e. The molecule has 0 radical (unpaired) electrons. The lowest BCUT2D eigenvalue weighted by Crippen LogP contribution is -2.38. The molecule has 0 bridgehead atoms. The third kappa shape index (κ3) is 0.845. The normalized spacial score (nSPS) is 52.2. The molecule has 1 N–H and O–H groups in total. The molecule has 2 heterocycles. The first-order valence-corrected chi connectivity index (χ1v) is 3.31. The molecule has 2 fully saturated rings. The zero-order valence-electron chi connectivity index (χ0n) is 5.69. The highest BCUT2D eigenvalue weighted by molar-refractivity contribution is 4.96. The van der Waals surface area contributed by atoms with Crippen molar-refractivity contribution in [2.24, 2.45) is 0 Å². The molecule has 4 nitrogen and oxygen atoms in total. The lowest BCUT2D eigenvalue weighted by molar-refractivity contribution is -0.161. The number of aliphatic hydroxyl groups excluding tert-OH is 1. The number of fused-ring (bicyclic) bond motifs is 1. The van der Waals surface area contributed by atoms with Gasteiger partial charge in [0.1, 0.15) is 18.3 Å². The largest absolute Gasteiger partial charge is 0.388 e. The molecule has 2 aliphatic rings. The third-order valence-electron chi connectivity index (χ3n) is 1.87. The summed E-state index contributed by atoms with van der Waals surface area (Å²) in [5.41, 5.74) is 0. The third-order valence-corrected chi connectivity index (χ3v) is 1.87. The van der Waals surface area contributed by atoms with Crippen molar-refractivity contribution < 1.29 is 19.3 Å². The predicted molar refractivity (Wildman–Crippen MR) is 31.4 cm³/mol. The molecule has 4 atom stereocenters. The Kier molecular flexibility index (Phi) is 1.42. The van der Waals surface area contributed by atoms with Crippen LogP contribution in [-0.4, -0.2) is 43.4 Å². The van der Waals surface area contributed by atoms with E-state index in [0.717, 1.165) is 0 Å². The summed E-state index contributed by atoms with van der Waals surface area (Å²) in [6.07, 6.45) is -0.808. The van der Waals surface area contributed by atoms with Crippen molar-refractivity contribution in [1.29, 1.82) is 0 Å². The SMILES string of the molecule is COC1OCC(O)[C@H]2O[C@@H]12. The number of hydrogen-bond acceptors (Lipinski definition) is 4. The molecule has 10 heavy (non-hydrogen) atoms. The second kappa shape index (κ2) is 2.17. The van der Waals surface area contributed by atoms with Crippen LogP contribution in [0.3, 0.4) is 0 Å². The highest BCUT2D eigenvalue weighted by Crippen LogP contribution is 2.34. The first kappa shape index (κ1) is 6.54. The Balaban J connectivity index is 1.95. The van der Waals surface area contributed by atoms with E-state index in [1.165, 1.54) is 0 Å². The van der Waals surface area contributed by atoms with Gasteiger partial charge in [-0.3, -0.25) is 0 Å². The van der Waals surface area contributed by atoms with Gasteiger partial charge in [-0.15, -0.1) is 0 Å². The summed E-state index contributed by atoms with van der Waals surface area (Å²) in [7, 11) is 1.57. The van der Waals surface area contributed by atoms with Crippen molar-refractivity contribution in [3.63, 3.8) is 0 Å². The monoisotopic (exact) mass is 146 g/mol. The molecule has 0 aromatic rings. The molecule has 0 aromatic carbocycles. The van der Waals surface area contributed by atoms with Crippen LogP contribution in [0.15, 0.2) is 0 Å². The van der Waals surface area contributed by atoms with Crippen molar-refractivity contribution in [3.8, 4) is 0 Å². The van der Waals surface area contributed by atoms with E-state index in [-0.39, 0.29) is 18.5 Å². The van der Waals surface area contributed by atoms with Crippen LogP contribution < -0.4 is 0 Å². The summed E-state index contributed by atoms with van der Waals surface area (Å²) >= 11 is 0. The Morgan fingerprint density at radius 2 is 2.30 bits per heavy atom. The maximum Gasteiger partial charge on any atom is 0.186 e. The minimum absolute atomic E-state index is 0.0336. The van der Waals surface area contributed by atoms with E-state index in [0.29, 0.717) is 6.61 Å². The quantitative estimate of drug-likeness (QED) is 0.488. The van der Waals surface area contributed by atoms with E-state index in [1.54, 1.807) is 7.11 Å². The first-order valence-electron chi connectivity index (χ1n) is 3.31. The summed E-state index contributed by atoms with van der Waals surface area (Å²) < 4.78 is 15.1. The van der Waals surface area contributed by atoms with Crippen molar-refractivity contribution in [2.45, 2.75) is 24.6 Å². The summed E-state index contributed by atoms with van der Waals surface area (Å²) in [6, 6.07) is 0. The molecule has 2 unspecified atom stereocenters. The van der Waals surface area contributed by atoms with Crippen LogP contribution >= 0.6 is 0 Å². The Hall–Kier alpha value is -0.160. The number of epoxide rings is 1. The highest BCUT2D eigenvalue weighted by atomic mass is 16.7. The van der Waals surface area contributed by atoms with Crippen molar-refractivity contribution in [3.05, 3.63) is 0 Å². The Morgan fingerprint density at radius 3 is 3.00 bits per heavy atom. The molecule has 2 saturated heterocycles. The lowest BCUT2D eigenvalue weighted by atomic mass is 10.1. The maximum absolute atomic E-state index is 9.13. The summed E-state index contributed by atoms with van der Waals surface area (Å²) in [5, 5.41) is 9.13. The van der Waals surface area contributed by atoms with E-state index in [4.69, 9.17) is 19.3 Å². The minimum Gasteiger partial charge on any atom is -0.388 e. The average Bonchev–Trinajstić information content (AvgIpc) is 2.68. The van der Waals surface area contributed by atoms with Gasteiger partial charge in [0.05, 0.1) is 6.61 Å². The topological polar surface area (TPSA) is 51.2 Å². The second-order valence-corrected chi connectivity index (χ2v) is 2.57. The number of aliphatic hydroxyl groups is 1. The van der Waals surface area contributed by atoms with Crippen LogP contribution in [0.4, 0.5) is 0 Å². The number of methoxy groups -OCH3 is 1. The van der Waals surface area contributed by atoms with Gasteiger partial charge < -0.3 is 19.3 Å². The molecule has 0 spiro atoms. The minimum atomic E-state index is -0.462. The van der Waals surface area contributed by atoms with Gasteiger partial charge in [-0.1, -0.05) is 0 Å². The average molecular weight is 146 g/mol. The molecule has 2 aliphatic heterocycles. The fraction of sp³-hybridized carbons (Fsp3) is 1.00. The summed E-state index contributed by atoms with van der Waals surface area (Å²) in [6.45, 7) is 0.319. The molecular weight excluding hydrogens is 136 g/mol. The predicted octanol–water partition coefficient (Wildman–Crippen LogP) is -0.883. The highest BCUT2D eigenvalue weighted by Gasteiger charge is 2.53. The van der Waals surface area contributed by atoms with Gasteiger partial charge in [-0.2, -0.15) is 0 Å². The van der Waals surface area contributed by atoms with Crippen molar-refractivity contribution in [1.82, 2.24) is 0 Å². The van der Waals surface area contributed by atoms with Gasteiger partial charge in [0.2, 0.25) is 0 Å². The summed E-state index contributed by atoms with van der Waals surface area (Å²) in [5.74, 6) is 0. The summed E-state index contributed by atoms with van der Waals surface area (Å²) in [4.78, 5) is 0. The Labute approximate surface area is 58.7 Å². The van der Waals surface area contributed by atoms with Crippen molar-refractivity contribution in [2.75, 3.05) is 13.7 Å². The van der Waals surface area contributed by atoms with Gasteiger partial charge in [-0.25, -0.2) is 0 Å². The molecule has 2 rings (SSSR count). The Morgan fingerprint density at radius 1 is 1.50 bits per heavy atom. The van der Waals surface area contributed by atoms with Gasteiger partial charge in [0.15, 0.2) is 6.29 Å². The fourth-order valence-electron chi connectivity index (χ4n) is 1.25. The molecule has 58 valence electrons. The fourth-order valence-corrected chi connectivity index (χ4v) is 1.25. The van der Waals surface area contributed by atoms with E-state index in [2.05, 4.69) is 0 Å². The first-order chi connectivity index (χ1) is 4.83. The van der Waals surface area contributed by atoms with Gasteiger partial charge >= 0.3 is 0 Å². The van der Waals surface area contributed by atoms with Crippen LogP contribution in [0.1, 0.15) is 0 Å². The zero-order valence-corrected chi connectivity index (χ0v) is 5.69. The van der Waals surface area contributed by atoms with E-state index < -0.39 is 6.10 Å². The van der Waals surface area contributed by atoms with Gasteiger partial charge in [0.25, 0.3) is 0 Å². The zero-order chi connectivity index (χ0) is 7.14. The molecular formula is C6H10O4. The number of rotatable bonds is 1. The van der Waals surface area contributed by atoms with E-state index >= 15 is 0 Å². The van der Waals surface area contributed by atoms with Crippen LogP contribution in [0, 0.1) is 0 Å². The van der Waals surface area contributed by atoms with Crippen molar-refractivity contribution >= 4 is 0 Å². The van der Waals surface area contributed by atoms with E-state index in [9.17, 15) is 0 Å². The number of hydrogen-bond donors (Lipinski definition) is 1. The van der Waals surface area contributed by atoms with Gasteiger partial charge in [0, 0.05) is 7.11 Å². The Bertz CT molecular complexity index is 138. The molecule has 0 saturated carbocycles. The van der Waals surface area contributed by atoms with E-state index in [1.807, 2.05) is 0 Å². The van der Waals surface area contributed by atoms with Crippen LogP contribution in [-0.2, 0) is 14.2 Å². The second-order valence-electron chi connectivity index (χ2n) is 2.57. The molecule has 0 amide bonds. The molecule has 0 aliphatic carbocycles. The maximum atomic E-state index is 9.13. The standard InChI is InChI=1S/C6H10O4/c1-8-6-5-4(10-5)3(7)2-9-6/h3-7H,2H2,1H3/t3?,4-,5-,6?/m1/s1. The van der Waals surface area contributed by atoms with Gasteiger partial charge in [-0.05, 0) is 0 Å². The van der Waals surface area contributed by atoms with Crippen LogP contribution in [0.25, 0.3) is 0 Å². The molecule has 0 aromatic heterocycles.